The molecule has 0 aliphatic carbocycles. The summed E-state index contributed by atoms with van der Waals surface area (Å²) in [5, 5.41) is 6.95. The minimum absolute atomic E-state index is 0.0106. The van der Waals surface area contributed by atoms with Gasteiger partial charge in [0.2, 0.25) is 0 Å². The van der Waals surface area contributed by atoms with Gasteiger partial charge >= 0.3 is 0 Å². The van der Waals surface area contributed by atoms with Crippen LogP contribution in [-0.4, -0.2) is 15.0 Å². The van der Waals surface area contributed by atoms with Crippen LogP contribution < -0.4 is 0 Å². The van der Waals surface area contributed by atoms with Crippen LogP contribution in [0.25, 0.3) is 66.2 Å². The van der Waals surface area contributed by atoms with Crippen molar-refractivity contribution in [3.8, 4) is 11.4 Å². The van der Waals surface area contributed by atoms with Crippen LogP contribution in [0.15, 0.2) is 104 Å². The Morgan fingerprint density at radius 3 is 2.07 bits per heavy atom. The second-order valence-electron chi connectivity index (χ2n) is 14.2. The van der Waals surface area contributed by atoms with Gasteiger partial charge < -0.3 is 8.83 Å². The lowest BCUT2D eigenvalue weighted by molar-refractivity contribution is 0.586. The van der Waals surface area contributed by atoms with Crippen LogP contribution in [0.2, 0.25) is 0 Å². The first kappa shape index (κ1) is 28.8. The van der Waals surface area contributed by atoms with Crippen LogP contribution in [0.1, 0.15) is 58.2 Å². The van der Waals surface area contributed by atoms with Gasteiger partial charge in [-0.3, -0.25) is 4.98 Å². The van der Waals surface area contributed by atoms with E-state index in [1.54, 1.807) is 11.8 Å². The molecule has 5 nitrogen and oxygen atoms in total. The highest BCUT2D eigenvalue weighted by Crippen LogP contribution is 2.43. The Hall–Kier alpha value is -4.68. The smallest absolute Gasteiger partial charge is 0.156 e. The number of pyridine rings is 3. The van der Waals surface area contributed by atoms with Crippen molar-refractivity contribution < 1.29 is 8.83 Å². The monoisotopic (exact) mass is 621 g/mol. The van der Waals surface area contributed by atoms with Crippen molar-refractivity contribution in [3.63, 3.8) is 0 Å². The van der Waals surface area contributed by atoms with Crippen LogP contribution in [0.3, 0.4) is 0 Å². The fraction of sp³-hybridized carbons (Fsp3) is 0.225. The number of furan rings is 1. The summed E-state index contributed by atoms with van der Waals surface area (Å²) in [5.41, 5.74) is 9.15. The summed E-state index contributed by atoms with van der Waals surface area (Å²) in [6.07, 6.45) is 1.89. The topological polar surface area (TPSA) is 65.0 Å². The van der Waals surface area contributed by atoms with Gasteiger partial charge in [-0.25, -0.2) is 9.97 Å². The van der Waals surface area contributed by atoms with E-state index in [0.717, 1.165) is 81.8 Å². The van der Waals surface area contributed by atoms with E-state index in [4.69, 9.17) is 23.8 Å². The van der Waals surface area contributed by atoms with Crippen LogP contribution in [0.5, 0.6) is 0 Å². The summed E-state index contributed by atoms with van der Waals surface area (Å²) in [7, 11) is 0. The maximum absolute atomic E-state index is 6.67. The Labute approximate surface area is 272 Å². The molecule has 228 valence electrons. The zero-order valence-corrected chi connectivity index (χ0v) is 28.0. The molecule has 0 saturated heterocycles. The van der Waals surface area contributed by atoms with Crippen LogP contribution in [0, 0.1) is 6.92 Å². The lowest BCUT2D eigenvalue weighted by Crippen LogP contribution is -2.13. The standard InChI is InChI=1S/C40H35N3O2S/c1-22-17-32(46-33-21-25(40(5,6)7)20-29(42-33)28-19-24(15-16-41-28)39(2,3)4)43-36-27-18-23-11-8-9-12-26(23)38-34(27)35-30(44-37(22)36)13-10-14-31(35)45-38/h8-21H,1-7H3. The fourth-order valence-electron chi connectivity index (χ4n) is 6.26. The number of fused-ring (bicyclic) bond motifs is 4. The van der Waals surface area contributed by atoms with Gasteiger partial charge in [-0.1, -0.05) is 83.6 Å². The van der Waals surface area contributed by atoms with Gasteiger partial charge in [0.1, 0.15) is 32.3 Å². The quantitative estimate of drug-likeness (QED) is 0.196. The van der Waals surface area contributed by atoms with Crippen molar-refractivity contribution in [1.29, 1.82) is 0 Å². The fourth-order valence-corrected chi connectivity index (χ4v) is 7.18. The van der Waals surface area contributed by atoms with Crippen molar-refractivity contribution in [2.24, 2.45) is 0 Å². The van der Waals surface area contributed by atoms with Crippen LogP contribution in [0.4, 0.5) is 0 Å². The number of nitrogens with zero attached hydrogens (tertiary/aromatic N) is 3. The molecule has 0 N–H and O–H groups in total. The number of benzene rings is 3. The van der Waals surface area contributed by atoms with E-state index in [0.29, 0.717) is 0 Å². The van der Waals surface area contributed by atoms with Gasteiger partial charge in [-0.2, -0.15) is 0 Å². The van der Waals surface area contributed by atoms with Crippen LogP contribution >= 0.6 is 11.8 Å². The first-order valence-corrected chi connectivity index (χ1v) is 16.5. The third-order valence-electron chi connectivity index (χ3n) is 8.82. The summed E-state index contributed by atoms with van der Waals surface area (Å²) in [6.45, 7) is 15.5. The average Bonchev–Trinajstić information content (AvgIpc) is 3.35. The Balaban J connectivity index is 1.35. The van der Waals surface area contributed by atoms with E-state index < -0.39 is 0 Å². The Morgan fingerprint density at radius 2 is 1.30 bits per heavy atom. The molecular weight excluding hydrogens is 587 g/mol. The molecule has 3 aromatic carbocycles. The molecule has 5 aromatic heterocycles. The van der Waals surface area contributed by atoms with Crippen molar-refractivity contribution in [2.45, 2.75) is 69.3 Å². The maximum Gasteiger partial charge on any atom is 0.156 e. The van der Waals surface area contributed by atoms with E-state index in [1.807, 2.05) is 24.4 Å². The van der Waals surface area contributed by atoms with Gasteiger partial charge in [0, 0.05) is 22.4 Å². The molecule has 5 heterocycles. The number of aryl methyl sites for hydroxylation is 1. The van der Waals surface area contributed by atoms with E-state index in [-0.39, 0.29) is 10.8 Å². The molecule has 8 aromatic rings. The predicted molar refractivity (Wildman–Crippen MR) is 190 cm³/mol. The molecule has 0 bridgehead atoms. The van der Waals surface area contributed by atoms with Gasteiger partial charge in [0.25, 0.3) is 0 Å². The SMILES string of the molecule is Cc1cc(Sc2cc(C(C)(C)C)cc(-c3cc(C(C)(C)C)ccn3)n2)nc2c1oc1cccc3oc4c5ccccc5cc2c4c13. The van der Waals surface area contributed by atoms with Gasteiger partial charge in [0.05, 0.1) is 16.8 Å². The van der Waals surface area contributed by atoms with Crippen molar-refractivity contribution in [2.75, 3.05) is 0 Å². The molecular formula is C40H35N3O2S. The minimum Gasteiger partial charge on any atom is -0.455 e. The Kier molecular flexibility index (Phi) is 6.36. The molecule has 0 aliphatic heterocycles. The largest absolute Gasteiger partial charge is 0.455 e. The van der Waals surface area contributed by atoms with Gasteiger partial charge in [-0.15, -0.1) is 0 Å². The normalized spacial score (nSPS) is 12.8. The molecule has 6 heteroatoms. The summed E-state index contributed by atoms with van der Waals surface area (Å²) >= 11 is 1.57. The second-order valence-corrected chi connectivity index (χ2v) is 15.3. The first-order valence-electron chi connectivity index (χ1n) is 15.7. The van der Waals surface area contributed by atoms with Gasteiger partial charge in [0.15, 0.2) is 5.58 Å². The number of rotatable bonds is 3. The van der Waals surface area contributed by atoms with E-state index in [2.05, 4.69) is 109 Å². The van der Waals surface area contributed by atoms with E-state index in [1.165, 1.54) is 11.1 Å². The molecule has 8 rings (SSSR count). The lowest BCUT2D eigenvalue weighted by atomic mass is 9.86. The van der Waals surface area contributed by atoms with Crippen molar-refractivity contribution in [3.05, 3.63) is 102 Å². The first-order chi connectivity index (χ1) is 21.9. The van der Waals surface area contributed by atoms with Crippen molar-refractivity contribution in [1.82, 2.24) is 15.0 Å². The second kappa shape index (κ2) is 10.2. The zero-order valence-electron chi connectivity index (χ0n) is 27.1. The van der Waals surface area contributed by atoms with Crippen molar-refractivity contribution >= 4 is 66.5 Å². The molecule has 0 aliphatic rings. The molecule has 0 spiro atoms. The van der Waals surface area contributed by atoms with E-state index >= 15 is 0 Å². The predicted octanol–water partition coefficient (Wildman–Crippen LogP) is 11.5. The third-order valence-corrected chi connectivity index (χ3v) is 9.66. The Bertz CT molecular complexity index is 2490. The Morgan fingerprint density at radius 1 is 0.609 bits per heavy atom. The van der Waals surface area contributed by atoms with Gasteiger partial charge in [-0.05, 0) is 88.4 Å². The molecule has 0 amide bonds. The average molecular weight is 622 g/mol. The zero-order chi connectivity index (χ0) is 32.0. The highest BCUT2D eigenvalue weighted by Gasteiger charge is 2.22. The highest BCUT2D eigenvalue weighted by molar-refractivity contribution is 7.99. The number of hydrogen-bond donors (Lipinski definition) is 0. The summed E-state index contributed by atoms with van der Waals surface area (Å²) < 4.78 is 13.2. The molecule has 0 radical (unpaired) electrons. The minimum atomic E-state index is -0.0747. The number of hydrogen-bond acceptors (Lipinski definition) is 6. The molecule has 0 unspecified atom stereocenters. The highest BCUT2D eigenvalue weighted by atomic mass is 32.2. The molecule has 0 saturated carbocycles. The maximum atomic E-state index is 6.67. The third kappa shape index (κ3) is 4.74. The summed E-state index contributed by atoms with van der Waals surface area (Å²) in [6, 6.07) is 27.3. The molecule has 46 heavy (non-hydrogen) atoms. The molecule has 0 fully saturated rings. The molecule has 0 atom stereocenters. The summed E-state index contributed by atoms with van der Waals surface area (Å²) in [4.78, 5) is 15.2. The summed E-state index contributed by atoms with van der Waals surface area (Å²) in [5.74, 6) is 0. The van der Waals surface area contributed by atoms with E-state index in [9.17, 15) is 0 Å². The number of aromatic nitrogens is 3. The lowest BCUT2D eigenvalue weighted by Gasteiger charge is -2.22. The van der Waals surface area contributed by atoms with Crippen LogP contribution in [-0.2, 0) is 10.8 Å².